The Hall–Kier alpha value is -0.820. The predicted octanol–water partition coefficient (Wildman–Crippen LogP) is 1.21. The number of halogens is 3. The monoisotopic (exact) mass is 281 g/mol. The lowest BCUT2D eigenvalue weighted by Crippen LogP contribution is -2.38. The number of carbonyl (C=O) groups excluding carboxylic acids is 1. The number of nitrogens with two attached hydrogens (primary N) is 1. The van der Waals surface area contributed by atoms with Crippen LogP contribution in [0.3, 0.4) is 0 Å². The largest absolute Gasteiger partial charge is 0.401 e. The zero-order valence-electron chi connectivity index (χ0n) is 11.2. The summed E-state index contributed by atoms with van der Waals surface area (Å²) in [5, 5.41) is 0. The highest BCUT2D eigenvalue weighted by Gasteiger charge is 2.31. The van der Waals surface area contributed by atoms with E-state index in [0.29, 0.717) is 38.9 Å². The van der Waals surface area contributed by atoms with Crippen LogP contribution in [-0.4, -0.2) is 60.6 Å². The molecule has 1 aliphatic heterocycles. The first-order valence-corrected chi connectivity index (χ1v) is 6.60. The maximum absolute atomic E-state index is 12.3. The van der Waals surface area contributed by atoms with E-state index in [4.69, 9.17) is 5.73 Å². The fraction of sp³-hybridized carbons (Fsp3) is 0.917. The maximum Gasteiger partial charge on any atom is 0.401 e. The Kier molecular flexibility index (Phi) is 6.06. The molecule has 112 valence electrons. The Morgan fingerprint density at radius 2 is 1.95 bits per heavy atom. The van der Waals surface area contributed by atoms with Gasteiger partial charge in [-0.1, -0.05) is 0 Å². The first kappa shape index (κ1) is 16.2. The highest BCUT2D eigenvalue weighted by Crippen LogP contribution is 2.17. The Bertz CT molecular complexity index is 294. The van der Waals surface area contributed by atoms with E-state index in [1.807, 2.05) is 6.92 Å². The molecule has 0 aromatic heterocycles. The molecule has 0 aromatic rings. The van der Waals surface area contributed by atoms with Crippen LogP contribution in [0.25, 0.3) is 0 Å². The number of amides is 1. The summed E-state index contributed by atoms with van der Waals surface area (Å²) < 4.78 is 36.9. The minimum atomic E-state index is -4.17. The van der Waals surface area contributed by atoms with E-state index in [0.717, 1.165) is 0 Å². The maximum atomic E-state index is 12.3. The van der Waals surface area contributed by atoms with E-state index in [1.54, 1.807) is 4.90 Å². The van der Waals surface area contributed by atoms with Gasteiger partial charge in [0.15, 0.2) is 0 Å². The van der Waals surface area contributed by atoms with Crippen molar-refractivity contribution in [2.75, 3.05) is 32.7 Å². The molecule has 1 fully saturated rings. The minimum Gasteiger partial charge on any atom is -0.341 e. The molecule has 0 saturated carbocycles. The van der Waals surface area contributed by atoms with Crippen molar-refractivity contribution >= 4 is 5.91 Å². The summed E-state index contributed by atoms with van der Waals surface area (Å²) in [6.07, 6.45) is -2.60. The van der Waals surface area contributed by atoms with Crippen LogP contribution in [0.2, 0.25) is 0 Å². The van der Waals surface area contributed by atoms with Gasteiger partial charge in [-0.3, -0.25) is 9.69 Å². The van der Waals surface area contributed by atoms with Gasteiger partial charge in [0, 0.05) is 38.6 Å². The van der Waals surface area contributed by atoms with Crippen LogP contribution in [0.15, 0.2) is 0 Å². The fourth-order valence-electron chi connectivity index (χ4n) is 2.14. The van der Waals surface area contributed by atoms with Crippen molar-refractivity contribution in [3.63, 3.8) is 0 Å². The molecule has 4 nitrogen and oxygen atoms in total. The molecule has 0 aliphatic carbocycles. The van der Waals surface area contributed by atoms with Crippen molar-refractivity contribution in [1.29, 1.82) is 0 Å². The normalized spacial score (nSPS) is 20.2. The Morgan fingerprint density at radius 1 is 1.26 bits per heavy atom. The van der Waals surface area contributed by atoms with Gasteiger partial charge in [-0.25, -0.2) is 0 Å². The molecule has 1 amide bonds. The summed E-state index contributed by atoms with van der Waals surface area (Å²) in [7, 11) is 0. The van der Waals surface area contributed by atoms with Crippen molar-refractivity contribution in [3.05, 3.63) is 0 Å². The summed E-state index contributed by atoms with van der Waals surface area (Å²) >= 11 is 0. The third-order valence-corrected chi connectivity index (χ3v) is 3.16. The fourth-order valence-corrected chi connectivity index (χ4v) is 2.14. The third-order valence-electron chi connectivity index (χ3n) is 3.16. The van der Waals surface area contributed by atoms with Crippen molar-refractivity contribution in [2.24, 2.45) is 5.73 Å². The number of nitrogens with zero attached hydrogens (tertiary/aromatic N) is 2. The van der Waals surface area contributed by atoms with E-state index in [1.165, 1.54) is 4.90 Å². The molecule has 1 atom stereocenters. The predicted molar refractivity (Wildman–Crippen MR) is 66.6 cm³/mol. The van der Waals surface area contributed by atoms with E-state index in [-0.39, 0.29) is 18.5 Å². The molecule has 1 aliphatic rings. The number of hydrogen-bond donors (Lipinski definition) is 1. The Balaban J connectivity index is 2.39. The summed E-state index contributed by atoms with van der Waals surface area (Å²) in [6, 6.07) is -0.0299. The quantitative estimate of drug-likeness (QED) is 0.842. The molecular formula is C12H22F3N3O. The van der Waals surface area contributed by atoms with Crippen LogP contribution in [0.5, 0.6) is 0 Å². The van der Waals surface area contributed by atoms with Crippen LogP contribution in [0.4, 0.5) is 13.2 Å². The smallest absolute Gasteiger partial charge is 0.341 e. The molecule has 0 bridgehead atoms. The Morgan fingerprint density at radius 3 is 2.53 bits per heavy atom. The first-order valence-electron chi connectivity index (χ1n) is 6.60. The van der Waals surface area contributed by atoms with E-state index in [9.17, 15) is 18.0 Å². The van der Waals surface area contributed by atoms with Gasteiger partial charge in [0.25, 0.3) is 0 Å². The number of hydrogen-bond acceptors (Lipinski definition) is 3. The van der Waals surface area contributed by atoms with E-state index >= 15 is 0 Å². The van der Waals surface area contributed by atoms with Crippen molar-refractivity contribution in [3.8, 4) is 0 Å². The molecule has 1 unspecified atom stereocenters. The second-order valence-corrected chi connectivity index (χ2v) is 5.14. The highest BCUT2D eigenvalue weighted by molar-refractivity contribution is 5.76. The number of carbonyl (C=O) groups is 1. The number of alkyl halides is 3. The van der Waals surface area contributed by atoms with Crippen molar-refractivity contribution in [2.45, 2.75) is 38.4 Å². The average molecular weight is 281 g/mol. The molecule has 1 saturated heterocycles. The van der Waals surface area contributed by atoms with Gasteiger partial charge in [-0.05, 0) is 19.8 Å². The molecule has 7 heteroatoms. The standard InChI is InChI=1S/C12H22F3N3O/c1-10(16)3-4-11(19)18-6-2-5-17(7-8-18)9-12(13,14)15/h10H,2-9,16H2,1H3. The van der Waals surface area contributed by atoms with Gasteiger partial charge in [0.1, 0.15) is 0 Å². The van der Waals surface area contributed by atoms with Crippen LogP contribution in [-0.2, 0) is 4.79 Å². The second kappa shape index (κ2) is 7.09. The molecule has 1 rings (SSSR count). The van der Waals surface area contributed by atoms with Gasteiger partial charge in [-0.15, -0.1) is 0 Å². The lowest BCUT2D eigenvalue weighted by molar-refractivity contribution is -0.145. The molecule has 0 radical (unpaired) electrons. The lowest BCUT2D eigenvalue weighted by Gasteiger charge is -2.23. The van der Waals surface area contributed by atoms with E-state index in [2.05, 4.69) is 0 Å². The van der Waals surface area contributed by atoms with Gasteiger partial charge in [0.2, 0.25) is 5.91 Å². The first-order chi connectivity index (χ1) is 8.78. The van der Waals surface area contributed by atoms with Crippen molar-refractivity contribution < 1.29 is 18.0 Å². The molecule has 0 aromatic carbocycles. The molecule has 19 heavy (non-hydrogen) atoms. The minimum absolute atomic E-state index is 0.00819. The zero-order chi connectivity index (χ0) is 14.5. The van der Waals surface area contributed by atoms with Gasteiger partial charge in [-0.2, -0.15) is 13.2 Å². The van der Waals surface area contributed by atoms with Crippen molar-refractivity contribution in [1.82, 2.24) is 9.80 Å². The average Bonchev–Trinajstić information content (AvgIpc) is 2.49. The summed E-state index contributed by atoms with van der Waals surface area (Å²) in [4.78, 5) is 14.9. The summed E-state index contributed by atoms with van der Waals surface area (Å²) in [6.45, 7) is 2.51. The summed E-state index contributed by atoms with van der Waals surface area (Å²) in [5.74, 6) is -0.00819. The molecule has 1 heterocycles. The Labute approximate surface area is 111 Å². The lowest BCUT2D eigenvalue weighted by atomic mass is 10.2. The van der Waals surface area contributed by atoms with Gasteiger partial charge >= 0.3 is 6.18 Å². The molecule has 0 spiro atoms. The second-order valence-electron chi connectivity index (χ2n) is 5.14. The highest BCUT2D eigenvalue weighted by atomic mass is 19.4. The van der Waals surface area contributed by atoms with Crippen LogP contribution < -0.4 is 5.73 Å². The third kappa shape index (κ3) is 6.77. The number of rotatable bonds is 4. The molecule has 2 N–H and O–H groups in total. The summed E-state index contributed by atoms with van der Waals surface area (Å²) in [5.41, 5.74) is 5.59. The van der Waals surface area contributed by atoms with Gasteiger partial charge in [0.05, 0.1) is 6.54 Å². The van der Waals surface area contributed by atoms with Crippen LogP contribution in [0.1, 0.15) is 26.2 Å². The topological polar surface area (TPSA) is 49.6 Å². The van der Waals surface area contributed by atoms with Crippen LogP contribution in [0, 0.1) is 0 Å². The zero-order valence-corrected chi connectivity index (χ0v) is 11.2. The molecular weight excluding hydrogens is 259 g/mol. The van der Waals surface area contributed by atoms with Gasteiger partial charge < -0.3 is 10.6 Å². The SMILES string of the molecule is CC(N)CCC(=O)N1CCCN(CC(F)(F)F)CC1. The van der Waals surface area contributed by atoms with E-state index < -0.39 is 12.7 Å². The van der Waals surface area contributed by atoms with Crippen LogP contribution >= 0.6 is 0 Å².